The molecule has 1 aliphatic rings. The summed E-state index contributed by atoms with van der Waals surface area (Å²) in [5, 5.41) is 11.2. The number of aliphatic hydroxyl groups excluding tert-OH is 1. The standard InChI is InChI=1S/C29H26F3NO5/c1-3-15-38-23-13-9-20(10-14-23)26(34)24-25(19-7-11-22(37-2)12-8-19)33(28(36)27(24)35)17-18-5-4-6-21(16-18)29(30,31)32/h4-14,16,25,34H,3,15,17H2,1-2H3/b26-24+. The third-order valence-corrected chi connectivity index (χ3v) is 6.18. The molecule has 1 unspecified atom stereocenters. The SMILES string of the molecule is CCCOc1ccc(/C(O)=C2\C(=O)C(=O)N(Cc3cccc(C(F)(F)F)c3)C2c2ccc(OC)cc2)cc1. The predicted molar refractivity (Wildman–Crippen MR) is 135 cm³/mol. The van der Waals surface area contributed by atoms with Gasteiger partial charge in [0.25, 0.3) is 11.7 Å². The van der Waals surface area contributed by atoms with Crippen molar-refractivity contribution >= 4 is 17.4 Å². The summed E-state index contributed by atoms with van der Waals surface area (Å²) in [5.41, 5.74) is -0.0455. The highest BCUT2D eigenvalue weighted by Gasteiger charge is 2.46. The van der Waals surface area contributed by atoms with Crippen molar-refractivity contribution in [1.82, 2.24) is 4.90 Å². The average Bonchev–Trinajstić information content (AvgIpc) is 3.16. The van der Waals surface area contributed by atoms with Gasteiger partial charge in [-0.15, -0.1) is 0 Å². The minimum Gasteiger partial charge on any atom is -0.507 e. The van der Waals surface area contributed by atoms with E-state index in [2.05, 4.69) is 0 Å². The van der Waals surface area contributed by atoms with Crippen molar-refractivity contribution in [2.45, 2.75) is 32.1 Å². The second-order valence-electron chi connectivity index (χ2n) is 8.77. The molecule has 6 nitrogen and oxygen atoms in total. The fraction of sp³-hybridized carbons (Fsp3) is 0.241. The van der Waals surface area contributed by atoms with Crippen LogP contribution in [0.4, 0.5) is 13.2 Å². The van der Waals surface area contributed by atoms with Crippen LogP contribution in [0.25, 0.3) is 5.76 Å². The molecule has 0 aromatic heterocycles. The van der Waals surface area contributed by atoms with Gasteiger partial charge in [-0.25, -0.2) is 0 Å². The number of ether oxygens (including phenoxy) is 2. The Kier molecular flexibility index (Phi) is 7.75. The van der Waals surface area contributed by atoms with Crippen molar-refractivity contribution < 1.29 is 37.3 Å². The molecule has 4 rings (SSSR count). The Labute approximate surface area is 217 Å². The van der Waals surface area contributed by atoms with Gasteiger partial charge in [-0.05, 0) is 66.1 Å². The van der Waals surface area contributed by atoms with E-state index in [-0.39, 0.29) is 17.7 Å². The van der Waals surface area contributed by atoms with Crippen molar-refractivity contribution in [2.24, 2.45) is 0 Å². The molecule has 0 saturated carbocycles. The number of alkyl halides is 3. The lowest BCUT2D eigenvalue weighted by atomic mass is 9.95. The van der Waals surface area contributed by atoms with E-state index in [1.165, 1.54) is 24.1 Å². The lowest BCUT2D eigenvalue weighted by Crippen LogP contribution is -2.29. The van der Waals surface area contributed by atoms with Crippen LogP contribution in [0.1, 0.15) is 41.6 Å². The number of likely N-dealkylation sites (tertiary alicyclic amines) is 1. The van der Waals surface area contributed by atoms with Crippen LogP contribution in [0, 0.1) is 0 Å². The van der Waals surface area contributed by atoms with Crippen LogP contribution in [0.2, 0.25) is 0 Å². The number of benzene rings is 3. The largest absolute Gasteiger partial charge is 0.507 e. The van der Waals surface area contributed by atoms with E-state index < -0.39 is 35.2 Å². The normalized spacial score (nSPS) is 17.1. The zero-order valence-electron chi connectivity index (χ0n) is 20.8. The van der Waals surface area contributed by atoms with E-state index in [1.807, 2.05) is 6.92 Å². The van der Waals surface area contributed by atoms with E-state index in [4.69, 9.17) is 9.47 Å². The Hall–Kier alpha value is -4.27. The number of aliphatic hydroxyl groups is 1. The molecule has 0 bridgehead atoms. The topological polar surface area (TPSA) is 76.1 Å². The molecule has 1 amide bonds. The van der Waals surface area contributed by atoms with Gasteiger partial charge in [0.05, 0.1) is 30.9 Å². The molecule has 9 heteroatoms. The monoisotopic (exact) mass is 525 g/mol. The predicted octanol–water partition coefficient (Wildman–Crippen LogP) is 6.12. The highest BCUT2D eigenvalue weighted by atomic mass is 19.4. The fourth-order valence-electron chi connectivity index (χ4n) is 4.30. The number of halogens is 3. The molecule has 3 aromatic rings. The van der Waals surface area contributed by atoms with E-state index in [1.54, 1.807) is 48.5 Å². The summed E-state index contributed by atoms with van der Waals surface area (Å²) in [6.45, 7) is 2.22. The van der Waals surface area contributed by atoms with Crippen molar-refractivity contribution in [2.75, 3.05) is 13.7 Å². The van der Waals surface area contributed by atoms with E-state index in [0.29, 0.717) is 29.2 Å². The number of carbonyl (C=O) groups is 2. The Morgan fingerprint density at radius 3 is 2.24 bits per heavy atom. The highest BCUT2D eigenvalue weighted by Crippen LogP contribution is 2.41. The minimum absolute atomic E-state index is 0.158. The molecule has 0 aliphatic carbocycles. The zero-order valence-corrected chi connectivity index (χ0v) is 20.8. The highest BCUT2D eigenvalue weighted by molar-refractivity contribution is 6.46. The number of amides is 1. The van der Waals surface area contributed by atoms with E-state index in [9.17, 15) is 27.9 Å². The molecule has 3 aromatic carbocycles. The summed E-state index contributed by atoms with van der Waals surface area (Å²) in [6.07, 6.45) is -3.74. The third-order valence-electron chi connectivity index (χ3n) is 6.18. The lowest BCUT2D eigenvalue weighted by Gasteiger charge is -2.26. The van der Waals surface area contributed by atoms with Crippen molar-refractivity contribution in [3.8, 4) is 11.5 Å². The zero-order chi connectivity index (χ0) is 27.4. The first-order valence-electron chi connectivity index (χ1n) is 12.0. The van der Waals surface area contributed by atoms with Crippen LogP contribution in [-0.2, 0) is 22.3 Å². The molecule has 0 spiro atoms. The second kappa shape index (κ2) is 11.0. The van der Waals surface area contributed by atoms with Gasteiger partial charge >= 0.3 is 6.18 Å². The molecular formula is C29H26F3NO5. The Balaban J connectivity index is 1.78. The molecule has 1 N–H and O–H groups in total. The molecule has 198 valence electrons. The number of nitrogens with zero attached hydrogens (tertiary/aromatic N) is 1. The Morgan fingerprint density at radius 2 is 1.63 bits per heavy atom. The van der Waals surface area contributed by atoms with Gasteiger partial charge in [-0.1, -0.05) is 31.2 Å². The van der Waals surface area contributed by atoms with Gasteiger partial charge < -0.3 is 19.5 Å². The number of rotatable bonds is 8. The molecular weight excluding hydrogens is 499 g/mol. The van der Waals surface area contributed by atoms with Gasteiger partial charge in [0.2, 0.25) is 0 Å². The van der Waals surface area contributed by atoms with E-state index >= 15 is 0 Å². The molecule has 1 heterocycles. The molecule has 1 fully saturated rings. The first-order chi connectivity index (χ1) is 18.1. The summed E-state index contributed by atoms with van der Waals surface area (Å²) >= 11 is 0. The van der Waals surface area contributed by atoms with Crippen LogP contribution in [-0.4, -0.2) is 35.4 Å². The second-order valence-corrected chi connectivity index (χ2v) is 8.77. The maximum atomic E-state index is 13.3. The molecule has 1 atom stereocenters. The minimum atomic E-state index is -4.56. The molecule has 1 aliphatic heterocycles. The van der Waals surface area contributed by atoms with Crippen LogP contribution < -0.4 is 9.47 Å². The summed E-state index contributed by atoms with van der Waals surface area (Å²) in [5.74, 6) is -1.13. The maximum Gasteiger partial charge on any atom is 0.416 e. The number of Topliss-reactive ketones (excluding diaryl/α,β-unsaturated/α-hetero) is 1. The maximum absolute atomic E-state index is 13.3. The Bertz CT molecular complexity index is 1350. The van der Waals surface area contributed by atoms with E-state index in [0.717, 1.165) is 18.6 Å². The first-order valence-corrected chi connectivity index (χ1v) is 12.0. The van der Waals surface area contributed by atoms with Gasteiger partial charge in [0, 0.05) is 12.1 Å². The number of methoxy groups -OCH3 is 1. The first kappa shape index (κ1) is 26.8. The Morgan fingerprint density at radius 1 is 0.974 bits per heavy atom. The summed E-state index contributed by atoms with van der Waals surface area (Å²) < 4.78 is 50.6. The molecule has 1 saturated heterocycles. The van der Waals surface area contributed by atoms with Crippen molar-refractivity contribution in [1.29, 1.82) is 0 Å². The molecule has 0 radical (unpaired) electrons. The number of hydrogen-bond donors (Lipinski definition) is 1. The van der Waals surface area contributed by atoms with Crippen molar-refractivity contribution in [3.05, 3.63) is 101 Å². The fourth-order valence-corrected chi connectivity index (χ4v) is 4.30. The van der Waals surface area contributed by atoms with Gasteiger partial charge in [0.15, 0.2) is 0 Å². The van der Waals surface area contributed by atoms with Crippen molar-refractivity contribution in [3.63, 3.8) is 0 Å². The smallest absolute Gasteiger partial charge is 0.416 e. The third kappa shape index (κ3) is 5.51. The summed E-state index contributed by atoms with van der Waals surface area (Å²) in [7, 11) is 1.49. The lowest BCUT2D eigenvalue weighted by molar-refractivity contribution is -0.140. The van der Waals surface area contributed by atoms with Gasteiger partial charge in [-0.3, -0.25) is 9.59 Å². The summed E-state index contributed by atoms with van der Waals surface area (Å²) in [4.78, 5) is 27.6. The number of carbonyl (C=O) groups excluding carboxylic acids is 2. The summed E-state index contributed by atoms with van der Waals surface area (Å²) in [6, 6.07) is 16.5. The average molecular weight is 526 g/mol. The van der Waals surface area contributed by atoms with Gasteiger partial charge in [0.1, 0.15) is 17.3 Å². The number of hydrogen-bond acceptors (Lipinski definition) is 5. The van der Waals surface area contributed by atoms with Crippen LogP contribution in [0.5, 0.6) is 11.5 Å². The van der Waals surface area contributed by atoms with Crippen LogP contribution in [0.3, 0.4) is 0 Å². The molecule has 38 heavy (non-hydrogen) atoms. The van der Waals surface area contributed by atoms with Crippen LogP contribution >= 0.6 is 0 Å². The quantitative estimate of drug-likeness (QED) is 0.218. The van der Waals surface area contributed by atoms with Crippen LogP contribution in [0.15, 0.2) is 78.4 Å². The van der Waals surface area contributed by atoms with Gasteiger partial charge in [-0.2, -0.15) is 13.2 Å². The number of ketones is 1.